The van der Waals surface area contributed by atoms with Crippen molar-refractivity contribution >= 4 is 43.4 Å². The van der Waals surface area contributed by atoms with E-state index in [9.17, 15) is 58.0 Å². The minimum Gasteiger partial charge on any atom is -0.369 e. The number of hydrogen-bond donors (Lipinski definition) is 4. The van der Waals surface area contributed by atoms with E-state index >= 15 is 0 Å². The number of amides is 2. The second kappa shape index (κ2) is 16.3. The first-order chi connectivity index (χ1) is 29.0. The van der Waals surface area contributed by atoms with Crippen molar-refractivity contribution in [1.82, 2.24) is 9.44 Å². The Hall–Kier alpha value is -3.81. The molecule has 8 aliphatic carbocycles. The minimum absolute atomic E-state index is 0.0380. The summed E-state index contributed by atoms with van der Waals surface area (Å²) < 4.78 is 122. The lowest BCUT2D eigenvalue weighted by molar-refractivity contribution is -0.152. The fourth-order valence-corrected chi connectivity index (χ4v) is 15.6. The monoisotopic (exact) mass is 926 g/mol. The lowest BCUT2D eigenvalue weighted by Crippen LogP contribution is -2.57. The molecule has 0 aromatic heterocycles. The Morgan fingerprint density at radius 2 is 0.889 bits per heavy atom. The van der Waals surface area contributed by atoms with Crippen molar-refractivity contribution in [3.05, 3.63) is 59.4 Å². The highest BCUT2D eigenvalue weighted by molar-refractivity contribution is 7.89. The van der Waals surface area contributed by atoms with E-state index < -0.39 is 80.8 Å². The molecule has 6 N–H and O–H groups in total. The highest BCUT2D eigenvalue weighted by Gasteiger charge is 2.59. The third-order valence-electron chi connectivity index (χ3n) is 15.4. The van der Waals surface area contributed by atoms with E-state index in [1.165, 1.54) is 27.7 Å². The second-order valence-electron chi connectivity index (χ2n) is 20.6. The van der Waals surface area contributed by atoms with Gasteiger partial charge in [-0.05, 0) is 164 Å². The molecular formula is C44H55F5N4O8S2. The average Bonchev–Trinajstić information content (AvgIpc) is 3.14. The number of ketones is 2. The molecule has 2 aromatic rings. The molecule has 63 heavy (non-hydrogen) atoms. The fourth-order valence-electron chi connectivity index (χ4n) is 12.7. The maximum atomic E-state index is 13.5. The van der Waals surface area contributed by atoms with Gasteiger partial charge in [0.25, 0.3) is 0 Å². The van der Waals surface area contributed by atoms with Gasteiger partial charge in [-0.2, -0.15) is 9.44 Å². The third kappa shape index (κ3) is 9.09. The summed E-state index contributed by atoms with van der Waals surface area (Å²) in [5, 5.41) is 0. The van der Waals surface area contributed by atoms with Crippen molar-refractivity contribution in [2.75, 3.05) is 0 Å². The van der Waals surface area contributed by atoms with E-state index in [2.05, 4.69) is 9.44 Å². The van der Waals surface area contributed by atoms with Crippen LogP contribution in [0.3, 0.4) is 0 Å². The highest BCUT2D eigenvalue weighted by Crippen LogP contribution is 2.64. The van der Waals surface area contributed by atoms with Crippen LogP contribution in [0.2, 0.25) is 0 Å². The first-order valence-electron chi connectivity index (χ1n) is 21.4. The van der Waals surface area contributed by atoms with Crippen molar-refractivity contribution in [2.45, 2.75) is 126 Å². The van der Waals surface area contributed by atoms with Gasteiger partial charge in [-0.25, -0.2) is 38.8 Å². The SMILES string of the molecule is CC(C)(NS(=O)(=O)c1cc(F)c(F)c(F)c1)C(=O)CC1C2CC3CC1CC(C(N)=O)(C3)C2.CC(C)(NS(=O)(=O)c1cc(F)cc(F)c1)C(=O)CC1C2CC3CC1CC(C(N)=O)(C3)C2. The number of nitrogens with two attached hydrogens (primary N) is 2. The minimum atomic E-state index is -4.49. The van der Waals surface area contributed by atoms with Gasteiger partial charge in [0.05, 0.1) is 20.9 Å². The highest BCUT2D eigenvalue weighted by atomic mass is 32.2. The number of Topliss-reactive ketones (excluding diaryl/α,β-unsaturated/α-hetero) is 2. The van der Waals surface area contributed by atoms with Crippen LogP contribution in [0.5, 0.6) is 0 Å². The van der Waals surface area contributed by atoms with Crippen LogP contribution in [0, 0.1) is 87.3 Å². The smallest absolute Gasteiger partial charge is 0.241 e. The molecule has 0 heterocycles. The lowest BCUT2D eigenvalue weighted by atomic mass is 9.45. The van der Waals surface area contributed by atoms with Gasteiger partial charge in [-0.15, -0.1) is 0 Å². The van der Waals surface area contributed by atoms with E-state index in [-0.39, 0.29) is 71.7 Å². The number of hydrogen-bond acceptors (Lipinski definition) is 8. The van der Waals surface area contributed by atoms with Crippen LogP contribution < -0.4 is 20.9 Å². The van der Waals surface area contributed by atoms with Gasteiger partial charge in [0.15, 0.2) is 29.0 Å². The van der Waals surface area contributed by atoms with Crippen LogP contribution in [0.15, 0.2) is 40.1 Å². The van der Waals surface area contributed by atoms with E-state index in [1.54, 1.807) is 0 Å². The Morgan fingerprint density at radius 1 is 0.571 bits per heavy atom. The number of sulfonamides is 2. The predicted octanol–water partition coefficient (Wildman–Crippen LogP) is 5.96. The first kappa shape index (κ1) is 47.2. The number of rotatable bonds is 14. The topological polar surface area (TPSA) is 213 Å². The summed E-state index contributed by atoms with van der Waals surface area (Å²) >= 11 is 0. The number of benzene rings is 2. The normalized spacial score (nSPS) is 32.0. The maximum Gasteiger partial charge on any atom is 0.241 e. The lowest BCUT2D eigenvalue weighted by Gasteiger charge is -2.59. The largest absolute Gasteiger partial charge is 0.369 e. The standard InChI is InChI=1S/C22H27F3N2O4S.C22H28F2N2O4S/c1-21(2,27-32(30,31)14-5-16(23)19(25)17(24)6-14)18(28)7-15-12-3-11-4-13(15)10-22(8-11,9-12)20(26)29;1-21(2,26-31(29,30)17-6-15(23)5-16(24)7-17)19(27)8-18-13-3-12-4-14(18)11-22(9-12,10-13)20(25)28/h5-6,11-13,15,27H,3-4,7-10H2,1-2H3,(H2,26,29);5-7,12-14,18,26H,3-4,8-11H2,1-2H3,(H2,25,28). The molecule has 346 valence electrons. The molecule has 4 unspecified atom stereocenters. The summed E-state index contributed by atoms with van der Waals surface area (Å²) in [4.78, 5) is 49.1. The molecule has 4 atom stereocenters. The Bertz CT molecular complexity index is 2390. The summed E-state index contributed by atoms with van der Waals surface area (Å²) in [6.45, 7) is 5.71. The molecule has 8 fully saturated rings. The van der Waals surface area contributed by atoms with Crippen molar-refractivity contribution in [3.8, 4) is 0 Å². The number of carbonyl (C=O) groups is 4. The summed E-state index contributed by atoms with van der Waals surface area (Å²) in [6, 6.07) is 2.77. The van der Waals surface area contributed by atoms with E-state index in [4.69, 9.17) is 11.5 Å². The molecule has 0 aliphatic heterocycles. The van der Waals surface area contributed by atoms with Crippen LogP contribution in [0.4, 0.5) is 22.0 Å². The predicted molar refractivity (Wildman–Crippen MR) is 218 cm³/mol. The van der Waals surface area contributed by atoms with Gasteiger partial charge in [0.2, 0.25) is 31.9 Å². The fraction of sp³-hybridized carbons (Fsp3) is 0.636. The van der Waals surface area contributed by atoms with Crippen LogP contribution in [0.25, 0.3) is 0 Å². The summed E-state index contributed by atoms with van der Waals surface area (Å²) in [6.07, 6.45) is 8.51. The van der Waals surface area contributed by atoms with Gasteiger partial charge in [0.1, 0.15) is 11.6 Å². The van der Waals surface area contributed by atoms with Gasteiger partial charge < -0.3 is 11.5 Å². The molecule has 0 saturated heterocycles. The van der Waals surface area contributed by atoms with Crippen molar-refractivity contribution in [2.24, 2.45) is 69.6 Å². The van der Waals surface area contributed by atoms with Crippen LogP contribution in [-0.2, 0) is 39.2 Å². The Balaban J connectivity index is 0.000000189. The maximum absolute atomic E-state index is 13.5. The zero-order valence-corrected chi connectivity index (χ0v) is 37.3. The summed E-state index contributed by atoms with van der Waals surface area (Å²) in [5.74, 6) is -6.35. The van der Waals surface area contributed by atoms with Gasteiger partial charge in [-0.3, -0.25) is 19.2 Å². The van der Waals surface area contributed by atoms with Gasteiger partial charge >= 0.3 is 0 Å². The number of nitrogens with one attached hydrogen (secondary N) is 2. The molecule has 10 rings (SSSR count). The summed E-state index contributed by atoms with van der Waals surface area (Å²) in [5.41, 5.74) is 7.50. The van der Waals surface area contributed by atoms with Crippen LogP contribution in [0.1, 0.15) is 105 Å². The molecule has 0 radical (unpaired) electrons. The Morgan fingerprint density at radius 3 is 1.21 bits per heavy atom. The van der Waals surface area contributed by atoms with Crippen molar-refractivity contribution in [1.29, 1.82) is 0 Å². The summed E-state index contributed by atoms with van der Waals surface area (Å²) in [7, 11) is -8.79. The number of halogens is 5. The molecule has 2 amide bonds. The van der Waals surface area contributed by atoms with Crippen molar-refractivity contribution in [3.63, 3.8) is 0 Å². The number of primary amides is 2. The molecule has 8 bridgehead atoms. The molecule has 8 saturated carbocycles. The quantitative estimate of drug-likeness (QED) is 0.131. The number of carbonyl (C=O) groups excluding carboxylic acids is 4. The van der Waals surface area contributed by atoms with Crippen LogP contribution in [-0.4, -0.2) is 51.3 Å². The van der Waals surface area contributed by atoms with Crippen molar-refractivity contribution < 1.29 is 58.0 Å². The Labute approximate surface area is 364 Å². The first-order valence-corrected chi connectivity index (χ1v) is 24.4. The molecule has 19 heteroatoms. The van der Waals surface area contributed by atoms with Crippen LogP contribution >= 0.6 is 0 Å². The zero-order valence-electron chi connectivity index (χ0n) is 35.6. The molecule has 12 nitrogen and oxygen atoms in total. The van der Waals surface area contributed by atoms with E-state index in [1.807, 2.05) is 0 Å². The molecule has 2 aromatic carbocycles. The average molecular weight is 927 g/mol. The second-order valence-corrected chi connectivity index (χ2v) is 23.9. The van der Waals surface area contributed by atoms with E-state index in [0.717, 1.165) is 38.5 Å². The molecular weight excluding hydrogens is 872 g/mol. The van der Waals surface area contributed by atoms with Gasteiger partial charge in [-0.1, -0.05) is 0 Å². The zero-order chi connectivity index (χ0) is 46.4. The molecule has 0 spiro atoms. The molecule has 8 aliphatic rings. The Kier molecular flexibility index (Phi) is 12.2. The third-order valence-corrected chi connectivity index (χ3v) is 18.7. The van der Waals surface area contributed by atoms with E-state index in [0.29, 0.717) is 67.9 Å². The van der Waals surface area contributed by atoms with Gasteiger partial charge in [0, 0.05) is 29.7 Å².